The Morgan fingerprint density at radius 1 is 1.05 bits per heavy atom. The molecule has 0 aromatic heterocycles. The zero-order valence-corrected chi connectivity index (χ0v) is 27.2. The van der Waals surface area contributed by atoms with Crippen LogP contribution in [0.25, 0.3) is 0 Å². The van der Waals surface area contributed by atoms with Crippen molar-refractivity contribution in [2.75, 3.05) is 21.2 Å². The molecule has 0 aromatic rings. The molecule has 0 aliphatic carbocycles. The van der Waals surface area contributed by atoms with E-state index in [9.17, 15) is 30.4 Å². The molecule has 14 atom stereocenters. The van der Waals surface area contributed by atoms with Crippen LogP contribution in [0.4, 0.5) is 0 Å². The molecule has 2 heterocycles. The van der Waals surface area contributed by atoms with Gasteiger partial charge in [-0.15, -0.1) is 0 Å². The van der Waals surface area contributed by atoms with E-state index >= 15 is 0 Å². The number of rotatable bonds is 5. The fourth-order valence-corrected chi connectivity index (χ4v) is 6.79. The number of esters is 1. The predicted molar refractivity (Wildman–Crippen MR) is 156 cm³/mol. The van der Waals surface area contributed by atoms with Gasteiger partial charge in [0.05, 0.1) is 41.6 Å². The monoisotopic (exact) mass is 604 g/mol. The van der Waals surface area contributed by atoms with Crippen molar-refractivity contribution in [3.63, 3.8) is 0 Å². The molecule has 2 saturated heterocycles. The van der Waals surface area contributed by atoms with E-state index in [2.05, 4.69) is 5.16 Å². The van der Waals surface area contributed by atoms with Crippen LogP contribution in [0.15, 0.2) is 5.16 Å². The van der Waals surface area contributed by atoms with Crippen LogP contribution in [0.3, 0.4) is 0 Å². The summed E-state index contributed by atoms with van der Waals surface area (Å²) in [5.74, 6) is -3.86. The van der Waals surface area contributed by atoms with Crippen molar-refractivity contribution in [1.29, 1.82) is 0 Å². The van der Waals surface area contributed by atoms with Crippen LogP contribution >= 0.6 is 0 Å². The molecule has 42 heavy (non-hydrogen) atoms. The molecule has 5 N–H and O–H groups in total. The van der Waals surface area contributed by atoms with Gasteiger partial charge in [-0.1, -0.05) is 32.9 Å². The molecule has 246 valence electrons. The van der Waals surface area contributed by atoms with Gasteiger partial charge in [-0.3, -0.25) is 4.79 Å². The zero-order valence-electron chi connectivity index (χ0n) is 27.2. The Morgan fingerprint density at radius 3 is 2.14 bits per heavy atom. The summed E-state index contributed by atoms with van der Waals surface area (Å²) in [6.45, 7) is 13.5. The van der Waals surface area contributed by atoms with E-state index in [-0.39, 0.29) is 30.7 Å². The van der Waals surface area contributed by atoms with E-state index in [4.69, 9.17) is 18.9 Å². The van der Waals surface area contributed by atoms with E-state index in [1.807, 2.05) is 32.8 Å². The smallest absolute Gasteiger partial charge is 0.311 e. The second-order valence-corrected chi connectivity index (χ2v) is 13.2. The third-order valence-corrected chi connectivity index (χ3v) is 9.68. The predicted octanol–water partition coefficient (Wildman–Crippen LogP) is 1.78. The SMILES string of the molecule is CC[C@H]1OC(=O)[C@H](C)[C@@H](O)[C@H](C)[C@@H](O[C@@H]2O[C@H](C)C[C@H](N(C)C)[C@H]2O)[C@](C)(OC)C[C@@H](C)/C(=N\O)[C@H](C)[C@@H](O)[C@]1(C)O. The van der Waals surface area contributed by atoms with Crippen molar-refractivity contribution in [1.82, 2.24) is 4.90 Å². The number of cyclic esters (lactones) is 1. The Kier molecular flexibility index (Phi) is 12.8. The first-order valence-corrected chi connectivity index (χ1v) is 15.1. The molecule has 0 spiro atoms. The molecule has 0 bridgehead atoms. The number of methoxy groups -OCH3 is 1. The average molecular weight is 605 g/mol. The van der Waals surface area contributed by atoms with Crippen LogP contribution in [0.1, 0.15) is 74.7 Å². The summed E-state index contributed by atoms with van der Waals surface area (Å²) in [7, 11) is 5.24. The zero-order chi connectivity index (χ0) is 32.3. The maximum absolute atomic E-state index is 13.3. The highest BCUT2D eigenvalue weighted by Gasteiger charge is 2.51. The summed E-state index contributed by atoms with van der Waals surface area (Å²) in [5.41, 5.74) is -2.84. The van der Waals surface area contributed by atoms with Crippen molar-refractivity contribution in [2.45, 2.75) is 135 Å². The minimum absolute atomic E-state index is 0.192. The van der Waals surface area contributed by atoms with Crippen molar-refractivity contribution in [2.24, 2.45) is 28.8 Å². The highest BCUT2D eigenvalue weighted by molar-refractivity contribution is 5.88. The summed E-state index contributed by atoms with van der Waals surface area (Å²) in [5, 5.41) is 59.0. The van der Waals surface area contributed by atoms with Crippen LogP contribution in [0.2, 0.25) is 0 Å². The molecule has 12 nitrogen and oxygen atoms in total. The molecule has 0 saturated carbocycles. The van der Waals surface area contributed by atoms with Crippen molar-refractivity contribution >= 4 is 11.7 Å². The van der Waals surface area contributed by atoms with Gasteiger partial charge < -0.3 is 49.5 Å². The second-order valence-electron chi connectivity index (χ2n) is 13.2. The van der Waals surface area contributed by atoms with Crippen molar-refractivity contribution in [3.05, 3.63) is 0 Å². The molecule has 2 rings (SSSR count). The number of aliphatic hydroxyl groups is 4. The summed E-state index contributed by atoms with van der Waals surface area (Å²) >= 11 is 0. The lowest BCUT2D eigenvalue weighted by molar-refractivity contribution is -0.301. The number of aliphatic hydroxyl groups excluding tert-OH is 3. The molecule has 2 aliphatic heterocycles. The molecular weight excluding hydrogens is 548 g/mol. The normalized spacial score (nSPS) is 47.7. The van der Waals surface area contributed by atoms with Gasteiger partial charge in [0.25, 0.3) is 0 Å². The summed E-state index contributed by atoms with van der Waals surface area (Å²) in [6.07, 6.45) is -6.06. The number of oxime groups is 1. The van der Waals surface area contributed by atoms with Crippen LogP contribution in [0, 0.1) is 23.7 Å². The Bertz CT molecular complexity index is 917. The maximum Gasteiger partial charge on any atom is 0.311 e. The van der Waals surface area contributed by atoms with Gasteiger partial charge in [-0.25, -0.2) is 0 Å². The van der Waals surface area contributed by atoms with Crippen LogP contribution in [-0.4, -0.2) is 124 Å². The molecule has 2 fully saturated rings. The third kappa shape index (κ3) is 7.63. The standard InChI is InChI=1S/C30H56N2O10/c1-12-21-30(8,37)25(35)17(4)22(31-38)15(2)14-29(7,39-11)26(18(5)23(33)19(6)27(36)41-21)42-28-24(34)20(32(9)10)13-16(3)40-28/h15-21,23-26,28,33-35,37-38H,12-14H2,1-11H3/b31-22+/t15-,16-,17+,18+,19-,20+,21-,23+,24-,25-,26-,28+,29-,30-/m1/s1. The Hall–Kier alpha value is -1.38. The quantitative estimate of drug-likeness (QED) is 0.176. The van der Waals surface area contributed by atoms with Crippen LogP contribution in [0.5, 0.6) is 0 Å². The van der Waals surface area contributed by atoms with Crippen molar-refractivity contribution in [3.8, 4) is 0 Å². The molecule has 0 unspecified atom stereocenters. The van der Waals surface area contributed by atoms with Gasteiger partial charge in [0.2, 0.25) is 0 Å². The number of hydrogen-bond acceptors (Lipinski definition) is 12. The van der Waals surface area contributed by atoms with Gasteiger partial charge in [0, 0.05) is 30.9 Å². The minimum atomic E-state index is -1.88. The van der Waals surface area contributed by atoms with Crippen molar-refractivity contribution < 1.29 is 49.4 Å². The second kappa shape index (κ2) is 14.6. The van der Waals surface area contributed by atoms with E-state index in [0.29, 0.717) is 6.42 Å². The average Bonchev–Trinajstić information content (AvgIpc) is 2.93. The summed E-state index contributed by atoms with van der Waals surface area (Å²) in [6, 6.07) is -0.242. The number of nitrogens with zero attached hydrogens (tertiary/aromatic N) is 2. The first-order valence-electron chi connectivity index (χ1n) is 15.1. The first kappa shape index (κ1) is 36.8. The lowest BCUT2D eigenvalue weighted by Gasteiger charge is -2.48. The van der Waals surface area contributed by atoms with Crippen LogP contribution in [-0.2, 0) is 23.7 Å². The number of carbonyl (C=O) groups is 1. The van der Waals surface area contributed by atoms with E-state index in [0.717, 1.165) is 0 Å². The minimum Gasteiger partial charge on any atom is -0.459 e. The number of likely N-dealkylation sites (N-methyl/N-ethyl adjacent to an activating group) is 1. The first-order chi connectivity index (χ1) is 19.4. The Labute approximate surface area is 251 Å². The molecule has 0 radical (unpaired) electrons. The Morgan fingerprint density at radius 2 is 1.64 bits per heavy atom. The van der Waals surface area contributed by atoms with Gasteiger partial charge in [-0.05, 0) is 61.1 Å². The maximum atomic E-state index is 13.3. The Balaban J connectivity index is 2.65. The lowest BCUT2D eigenvalue weighted by Crippen LogP contribution is -2.60. The number of ether oxygens (including phenoxy) is 4. The van der Waals surface area contributed by atoms with Gasteiger partial charge >= 0.3 is 5.97 Å². The molecular formula is C30H56N2O10. The van der Waals surface area contributed by atoms with Gasteiger partial charge in [0.1, 0.15) is 17.8 Å². The highest BCUT2D eigenvalue weighted by Crippen LogP contribution is 2.39. The van der Waals surface area contributed by atoms with Crippen LogP contribution < -0.4 is 0 Å². The fraction of sp³-hybridized carbons (Fsp3) is 0.933. The van der Waals surface area contributed by atoms with E-state index in [1.54, 1.807) is 27.7 Å². The number of carbonyl (C=O) groups excluding carboxylic acids is 1. The lowest BCUT2D eigenvalue weighted by atomic mass is 9.73. The highest BCUT2D eigenvalue weighted by atomic mass is 16.7. The van der Waals surface area contributed by atoms with Gasteiger partial charge in [0.15, 0.2) is 6.29 Å². The third-order valence-electron chi connectivity index (χ3n) is 9.68. The molecule has 0 amide bonds. The molecule has 0 aromatic carbocycles. The van der Waals surface area contributed by atoms with E-state index in [1.165, 1.54) is 21.0 Å². The number of hydrogen-bond donors (Lipinski definition) is 5. The van der Waals surface area contributed by atoms with Gasteiger partial charge in [-0.2, -0.15) is 0 Å². The molecule has 2 aliphatic rings. The fourth-order valence-electron chi connectivity index (χ4n) is 6.79. The van der Waals surface area contributed by atoms with E-state index < -0.39 is 77.7 Å². The summed E-state index contributed by atoms with van der Waals surface area (Å²) in [4.78, 5) is 15.2. The molecule has 12 heteroatoms. The topological polar surface area (TPSA) is 171 Å². The largest absolute Gasteiger partial charge is 0.459 e. The summed E-state index contributed by atoms with van der Waals surface area (Å²) < 4.78 is 24.3.